The standard InChI is InChI=1S/C26H29F2N5O4/c1-14-22(26(35)32-19-7-8-33(10-18(19)28)21(34)12-36-2)24-25(31-14)23(29-13-30-24)17-9-16(27)5-6-20(17)37-11-15-3-4-15/h5-6,9,13,15,18-19,31H,3-4,7-8,10-12H2,1-2H3,(H,32,35)/t18-,19-/m1/s1. The number of aromatic nitrogens is 3. The predicted molar refractivity (Wildman–Crippen MR) is 131 cm³/mol. The first-order valence-corrected chi connectivity index (χ1v) is 12.3. The van der Waals surface area contributed by atoms with Crippen molar-refractivity contribution in [1.29, 1.82) is 0 Å². The Morgan fingerprint density at radius 3 is 2.78 bits per heavy atom. The number of halogens is 2. The number of carbonyl (C=O) groups excluding carboxylic acids is 2. The Hall–Kier alpha value is -3.60. The molecule has 2 amide bonds. The molecule has 1 aliphatic carbocycles. The second-order valence-electron chi connectivity index (χ2n) is 9.62. The van der Waals surface area contributed by atoms with Crippen LogP contribution in [0, 0.1) is 18.7 Å². The van der Waals surface area contributed by atoms with Crippen LogP contribution in [0.25, 0.3) is 22.3 Å². The van der Waals surface area contributed by atoms with Crippen LogP contribution in [0.2, 0.25) is 0 Å². The highest BCUT2D eigenvalue weighted by Crippen LogP contribution is 2.36. The number of aromatic amines is 1. The van der Waals surface area contributed by atoms with Crippen LogP contribution in [0.5, 0.6) is 5.75 Å². The number of methoxy groups -OCH3 is 1. The number of nitrogens with zero attached hydrogens (tertiary/aromatic N) is 3. The second-order valence-corrected chi connectivity index (χ2v) is 9.62. The first-order chi connectivity index (χ1) is 17.9. The smallest absolute Gasteiger partial charge is 0.255 e. The van der Waals surface area contributed by atoms with Crippen LogP contribution in [0.3, 0.4) is 0 Å². The molecule has 3 heterocycles. The molecule has 0 spiro atoms. The minimum Gasteiger partial charge on any atom is -0.493 e. The summed E-state index contributed by atoms with van der Waals surface area (Å²) in [6.45, 7) is 2.35. The number of carbonyl (C=O) groups is 2. The van der Waals surface area contributed by atoms with Gasteiger partial charge < -0.3 is 24.7 Å². The number of alkyl halides is 1. The molecule has 11 heteroatoms. The summed E-state index contributed by atoms with van der Waals surface area (Å²) in [6, 6.07) is 3.52. The number of fused-ring (bicyclic) bond motifs is 1. The second kappa shape index (κ2) is 10.4. The van der Waals surface area contributed by atoms with Crippen molar-refractivity contribution in [1.82, 2.24) is 25.2 Å². The first-order valence-electron chi connectivity index (χ1n) is 12.3. The molecule has 2 atom stereocenters. The van der Waals surface area contributed by atoms with Gasteiger partial charge in [-0.25, -0.2) is 18.7 Å². The summed E-state index contributed by atoms with van der Waals surface area (Å²) in [5.41, 5.74) is 2.46. The average Bonchev–Trinajstić information content (AvgIpc) is 3.64. The highest BCUT2D eigenvalue weighted by molar-refractivity contribution is 6.09. The summed E-state index contributed by atoms with van der Waals surface area (Å²) in [7, 11) is 1.41. The number of hydrogen-bond donors (Lipinski definition) is 2. The van der Waals surface area contributed by atoms with E-state index in [1.54, 1.807) is 13.0 Å². The minimum absolute atomic E-state index is 0.112. The number of likely N-dealkylation sites (tertiary alicyclic amines) is 1. The van der Waals surface area contributed by atoms with E-state index in [2.05, 4.69) is 20.3 Å². The number of benzene rings is 1. The van der Waals surface area contributed by atoms with Crippen molar-refractivity contribution in [3.8, 4) is 17.0 Å². The molecule has 0 unspecified atom stereocenters. The van der Waals surface area contributed by atoms with Crippen LogP contribution in [-0.4, -0.2) is 77.3 Å². The molecule has 5 rings (SSSR count). The molecular formula is C26H29F2N5O4. The van der Waals surface area contributed by atoms with Gasteiger partial charge >= 0.3 is 0 Å². The van der Waals surface area contributed by atoms with Crippen molar-refractivity contribution >= 4 is 22.8 Å². The molecule has 37 heavy (non-hydrogen) atoms. The third kappa shape index (κ3) is 5.27. The van der Waals surface area contributed by atoms with E-state index in [9.17, 15) is 18.4 Å². The molecular weight excluding hydrogens is 484 g/mol. The van der Waals surface area contributed by atoms with E-state index in [1.165, 1.54) is 30.5 Å². The van der Waals surface area contributed by atoms with Crippen molar-refractivity contribution in [2.45, 2.75) is 38.4 Å². The number of nitrogens with one attached hydrogen (secondary N) is 2. The topological polar surface area (TPSA) is 109 Å². The van der Waals surface area contributed by atoms with Crippen molar-refractivity contribution in [3.05, 3.63) is 41.6 Å². The molecule has 1 aliphatic heterocycles. The van der Waals surface area contributed by atoms with Gasteiger partial charge in [-0.2, -0.15) is 0 Å². The molecule has 2 aliphatic rings. The van der Waals surface area contributed by atoms with Gasteiger partial charge in [-0.05, 0) is 50.3 Å². The Bertz CT molecular complexity index is 1330. The van der Waals surface area contributed by atoms with Crippen LogP contribution in [-0.2, 0) is 9.53 Å². The Balaban J connectivity index is 1.40. The maximum absolute atomic E-state index is 14.9. The number of piperidine rings is 1. The van der Waals surface area contributed by atoms with E-state index in [-0.39, 0.29) is 31.0 Å². The zero-order chi connectivity index (χ0) is 26.1. The molecule has 9 nitrogen and oxygen atoms in total. The van der Waals surface area contributed by atoms with E-state index in [0.29, 0.717) is 52.8 Å². The summed E-state index contributed by atoms with van der Waals surface area (Å²) in [4.78, 5) is 38.5. The lowest BCUT2D eigenvalue weighted by atomic mass is 10.0. The lowest BCUT2D eigenvalue weighted by Crippen LogP contribution is -2.54. The van der Waals surface area contributed by atoms with Crippen molar-refractivity contribution in [2.24, 2.45) is 5.92 Å². The average molecular weight is 514 g/mol. The fourth-order valence-corrected chi connectivity index (χ4v) is 4.66. The number of H-pyrrole nitrogens is 1. The fourth-order valence-electron chi connectivity index (χ4n) is 4.66. The molecule has 3 aromatic rings. The van der Waals surface area contributed by atoms with E-state index in [0.717, 1.165) is 12.8 Å². The van der Waals surface area contributed by atoms with E-state index in [4.69, 9.17) is 9.47 Å². The van der Waals surface area contributed by atoms with Crippen molar-refractivity contribution in [3.63, 3.8) is 0 Å². The molecule has 1 saturated heterocycles. The number of ether oxygens (including phenoxy) is 2. The van der Waals surface area contributed by atoms with Crippen molar-refractivity contribution in [2.75, 3.05) is 33.4 Å². The van der Waals surface area contributed by atoms with E-state index < -0.39 is 23.9 Å². The van der Waals surface area contributed by atoms with Gasteiger partial charge in [0.25, 0.3) is 5.91 Å². The Morgan fingerprint density at radius 1 is 1.24 bits per heavy atom. The lowest BCUT2D eigenvalue weighted by molar-refractivity contribution is -0.137. The quantitative estimate of drug-likeness (QED) is 0.479. The molecule has 2 aromatic heterocycles. The van der Waals surface area contributed by atoms with E-state index in [1.807, 2.05) is 0 Å². The summed E-state index contributed by atoms with van der Waals surface area (Å²) >= 11 is 0. The summed E-state index contributed by atoms with van der Waals surface area (Å²) in [5, 5.41) is 2.77. The predicted octanol–water partition coefficient (Wildman–Crippen LogP) is 3.18. The number of amides is 2. The fraction of sp³-hybridized carbons (Fsp3) is 0.462. The summed E-state index contributed by atoms with van der Waals surface area (Å²) in [6.07, 6.45) is 2.40. The molecule has 2 N–H and O–H groups in total. The van der Waals surface area contributed by atoms with Crippen LogP contribution < -0.4 is 10.1 Å². The highest BCUT2D eigenvalue weighted by atomic mass is 19.1. The van der Waals surface area contributed by atoms with Crippen LogP contribution in [0.4, 0.5) is 8.78 Å². The van der Waals surface area contributed by atoms with Gasteiger partial charge in [0, 0.05) is 24.9 Å². The third-order valence-electron chi connectivity index (χ3n) is 6.85. The maximum atomic E-state index is 14.9. The SMILES string of the molecule is COCC(=O)N1CC[C@@H](NC(=O)c2c(C)[nH]c3c(-c4cc(F)ccc4OCC4CC4)ncnc23)[C@H](F)C1. The Labute approximate surface area is 212 Å². The molecule has 196 valence electrons. The third-order valence-corrected chi connectivity index (χ3v) is 6.85. The maximum Gasteiger partial charge on any atom is 0.255 e. The zero-order valence-corrected chi connectivity index (χ0v) is 20.7. The lowest BCUT2D eigenvalue weighted by Gasteiger charge is -2.35. The minimum atomic E-state index is -1.42. The van der Waals surface area contributed by atoms with Gasteiger partial charge in [0.1, 0.15) is 41.9 Å². The van der Waals surface area contributed by atoms with Crippen LogP contribution in [0.1, 0.15) is 35.3 Å². The molecule has 2 fully saturated rings. The summed E-state index contributed by atoms with van der Waals surface area (Å²) in [5.74, 6) is -0.199. The summed E-state index contributed by atoms with van der Waals surface area (Å²) < 4.78 is 39.9. The number of aryl methyl sites for hydroxylation is 1. The monoisotopic (exact) mass is 513 g/mol. The first kappa shape index (κ1) is 25.1. The van der Waals surface area contributed by atoms with Gasteiger partial charge in [-0.1, -0.05) is 0 Å². The molecule has 1 aromatic carbocycles. The van der Waals surface area contributed by atoms with Gasteiger partial charge in [-0.15, -0.1) is 0 Å². The Kier molecular flexibility index (Phi) is 7.05. The van der Waals surface area contributed by atoms with Gasteiger partial charge in [0.15, 0.2) is 0 Å². The number of rotatable bonds is 8. The molecule has 0 bridgehead atoms. The van der Waals surface area contributed by atoms with Gasteiger partial charge in [0.2, 0.25) is 5.91 Å². The zero-order valence-electron chi connectivity index (χ0n) is 20.7. The normalized spacial score (nSPS) is 19.7. The van der Waals surface area contributed by atoms with Gasteiger partial charge in [-0.3, -0.25) is 9.59 Å². The molecule has 0 radical (unpaired) electrons. The van der Waals surface area contributed by atoms with Crippen LogP contribution in [0.15, 0.2) is 24.5 Å². The van der Waals surface area contributed by atoms with E-state index >= 15 is 0 Å². The number of hydrogen-bond acceptors (Lipinski definition) is 6. The Morgan fingerprint density at radius 2 is 2.05 bits per heavy atom. The van der Waals surface area contributed by atoms with Crippen molar-refractivity contribution < 1.29 is 27.8 Å². The largest absolute Gasteiger partial charge is 0.493 e. The van der Waals surface area contributed by atoms with Gasteiger partial charge in [0.05, 0.1) is 30.3 Å². The van der Waals surface area contributed by atoms with Crippen LogP contribution >= 0.6 is 0 Å². The molecule has 1 saturated carbocycles. The highest BCUT2D eigenvalue weighted by Gasteiger charge is 2.33.